The molecule has 0 aliphatic rings. The zero-order chi connectivity index (χ0) is 17.1. The van der Waals surface area contributed by atoms with E-state index in [1.807, 2.05) is 69.3 Å². The SMILES string of the molecule is Cc1ccc(CNC(=O)c2cnn(-c3ccc(C)cc3)c2C)cc1. The van der Waals surface area contributed by atoms with Gasteiger partial charge < -0.3 is 5.32 Å². The number of carbonyl (C=O) groups is 1. The third kappa shape index (κ3) is 3.38. The first kappa shape index (κ1) is 16.0. The van der Waals surface area contributed by atoms with Crippen LogP contribution >= 0.6 is 0 Å². The van der Waals surface area contributed by atoms with Gasteiger partial charge in [-0.3, -0.25) is 4.79 Å². The molecule has 0 bridgehead atoms. The second-order valence-corrected chi connectivity index (χ2v) is 6.06. The summed E-state index contributed by atoms with van der Waals surface area (Å²) in [6.45, 7) is 6.51. The normalized spacial score (nSPS) is 10.6. The highest BCUT2D eigenvalue weighted by Crippen LogP contribution is 2.15. The Balaban J connectivity index is 1.74. The van der Waals surface area contributed by atoms with Gasteiger partial charge in [0.15, 0.2) is 0 Å². The largest absolute Gasteiger partial charge is 0.348 e. The quantitative estimate of drug-likeness (QED) is 0.796. The van der Waals surface area contributed by atoms with E-state index in [1.54, 1.807) is 10.9 Å². The Hall–Kier alpha value is -2.88. The van der Waals surface area contributed by atoms with Crippen LogP contribution < -0.4 is 5.32 Å². The fourth-order valence-corrected chi connectivity index (χ4v) is 2.56. The highest BCUT2D eigenvalue weighted by molar-refractivity contribution is 5.95. The van der Waals surface area contributed by atoms with Crippen molar-refractivity contribution in [3.63, 3.8) is 0 Å². The summed E-state index contributed by atoms with van der Waals surface area (Å²) in [4.78, 5) is 12.4. The second-order valence-electron chi connectivity index (χ2n) is 6.06. The predicted molar refractivity (Wildman–Crippen MR) is 95.4 cm³/mol. The van der Waals surface area contributed by atoms with Crippen LogP contribution in [0.15, 0.2) is 54.7 Å². The molecule has 0 atom stereocenters. The molecule has 3 aromatic rings. The number of rotatable bonds is 4. The van der Waals surface area contributed by atoms with E-state index in [9.17, 15) is 4.79 Å². The third-order valence-electron chi connectivity index (χ3n) is 4.11. The van der Waals surface area contributed by atoms with Crippen LogP contribution in [-0.2, 0) is 6.54 Å². The monoisotopic (exact) mass is 319 g/mol. The molecule has 1 aromatic heterocycles. The van der Waals surface area contributed by atoms with Crippen molar-refractivity contribution < 1.29 is 4.79 Å². The fourth-order valence-electron chi connectivity index (χ4n) is 2.56. The van der Waals surface area contributed by atoms with Crippen LogP contribution in [0.25, 0.3) is 5.69 Å². The van der Waals surface area contributed by atoms with E-state index in [0.29, 0.717) is 12.1 Å². The number of aromatic nitrogens is 2. The van der Waals surface area contributed by atoms with Crippen LogP contribution in [0.5, 0.6) is 0 Å². The molecule has 0 saturated carbocycles. The highest BCUT2D eigenvalue weighted by Gasteiger charge is 2.14. The van der Waals surface area contributed by atoms with Gasteiger partial charge in [0.2, 0.25) is 0 Å². The lowest BCUT2D eigenvalue weighted by atomic mass is 10.1. The summed E-state index contributed by atoms with van der Waals surface area (Å²) in [5.41, 5.74) is 5.87. The van der Waals surface area contributed by atoms with Crippen LogP contribution in [0.1, 0.15) is 32.7 Å². The molecule has 0 radical (unpaired) electrons. The van der Waals surface area contributed by atoms with Gasteiger partial charge in [-0.2, -0.15) is 5.10 Å². The maximum absolute atomic E-state index is 12.4. The first-order valence-electron chi connectivity index (χ1n) is 8.00. The average molecular weight is 319 g/mol. The number of hydrogen-bond donors (Lipinski definition) is 1. The Kier molecular flexibility index (Phi) is 4.47. The predicted octanol–water partition coefficient (Wildman–Crippen LogP) is 3.73. The maximum Gasteiger partial charge on any atom is 0.255 e. The standard InChI is InChI=1S/C20H21N3O/c1-14-4-8-17(9-5-14)12-21-20(24)19-13-22-23(16(19)3)18-10-6-15(2)7-11-18/h4-11,13H,12H2,1-3H3,(H,21,24). The Morgan fingerprint density at radius 1 is 0.958 bits per heavy atom. The lowest BCUT2D eigenvalue weighted by Crippen LogP contribution is -2.23. The molecule has 1 N–H and O–H groups in total. The van der Waals surface area contributed by atoms with E-state index < -0.39 is 0 Å². The Morgan fingerprint density at radius 3 is 2.17 bits per heavy atom. The van der Waals surface area contributed by atoms with E-state index in [0.717, 1.165) is 16.9 Å². The van der Waals surface area contributed by atoms with Gasteiger partial charge in [0.25, 0.3) is 5.91 Å². The molecule has 4 heteroatoms. The number of nitrogens with one attached hydrogen (secondary N) is 1. The molecule has 0 unspecified atom stereocenters. The van der Waals surface area contributed by atoms with Gasteiger partial charge in [-0.05, 0) is 38.5 Å². The minimum absolute atomic E-state index is 0.105. The topological polar surface area (TPSA) is 46.9 Å². The van der Waals surface area contributed by atoms with Crippen molar-refractivity contribution in [3.05, 3.63) is 82.7 Å². The number of carbonyl (C=O) groups excluding carboxylic acids is 1. The molecule has 0 saturated heterocycles. The van der Waals surface area contributed by atoms with Crippen molar-refractivity contribution in [1.82, 2.24) is 15.1 Å². The summed E-state index contributed by atoms with van der Waals surface area (Å²) in [5, 5.41) is 7.32. The molecule has 24 heavy (non-hydrogen) atoms. The van der Waals surface area contributed by atoms with Crippen molar-refractivity contribution in [2.24, 2.45) is 0 Å². The van der Waals surface area contributed by atoms with E-state index in [-0.39, 0.29) is 5.91 Å². The number of benzene rings is 2. The van der Waals surface area contributed by atoms with Gasteiger partial charge in [-0.1, -0.05) is 47.5 Å². The highest BCUT2D eigenvalue weighted by atomic mass is 16.1. The number of nitrogens with zero attached hydrogens (tertiary/aromatic N) is 2. The van der Waals surface area contributed by atoms with Crippen molar-refractivity contribution in [3.8, 4) is 5.69 Å². The zero-order valence-corrected chi connectivity index (χ0v) is 14.2. The van der Waals surface area contributed by atoms with Crippen LogP contribution in [0.2, 0.25) is 0 Å². The molecule has 0 spiro atoms. The summed E-state index contributed by atoms with van der Waals surface area (Å²) in [6.07, 6.45) is 1.62. The summed E-state index contributed by atoms with van der Waals surface area (Å²) in [6, 6.07) is 16.2. The van der Waals surface area contributed by atoms with Crippen molar-refractivity contribution in [2.45, 2.75) is 27.3 Å². The van der Waals surface area contributed by atoms with Crippen LogP contribution in [0, 0.1) is 20.8 Å². The molecule has 2 aromatic carbocycles. The van der Waals surface area contributed by atoms with Gasteiger partial charge in [0.1, 0.15) is 0 Å². The number of hydrogen-bond acceptors (Lipinski definition) is 2. The third-order valence-corrected chi connectivity index (χ3v) is 4.11. The Morgan fingerprint density at radius 2 is 1.54 bits per heavy atom. The van der Waals surface area contributed by atoms with Gasteiger partial charge >= 0.3 is 0 Å². The Bertz CT molecular complexity index is 846. The van der Waals surface area contributed by atoms with Gasteiger partial charge in [-0.25, -0.2) is 4.68 Å². The van der Waals surface area contributed by atoms with Gasteiger partial charge in [0, 0.05) is 6.54 Å². The maximum atomic E-state index is 12.4. The zero-order valence-electron chi connectivity index (χ0n) is 14.2. The summed E-state index contributed by atoms with van der Waals surface area (Å²) < 4.78 is 1.79. The Labute approximate surface area is 142 Å². The first-order valence-corrected chi connectivity index (χ1v) is 8.00. The molecule has 1 heterocycles. The van der Waals surface area contributed by atoms with E-state index in [4.69, 9.17) is 0 Å². The van der Waals surface area contributed by atoms with Crippen LogP contribution in [0.3, 0.4) is 0 Å². The van der Waals surface area contributed by atoms with Gasteiger partial charge in [0.05, 0.1) is 23.1 Å². The molecule has 0 fully saturated rings. The molecular weight excluding hydrogens is 298 g/mol. The smallest absolute Gasteiger partial charge is 0.255 e. The van der Waals surface area contributed by atoms with Crippen LogP contribution in [-0.4, -0.2) is 15.7 Å². The molecule has 1 amide bonds. The minimum Gasteiger partial charge on any atom is -0.348 e. The minimum atomic E-state index is -0.105. The summed E-state index contributed by atoms with van der Waals surface area (Å²) in [7, 11) is 0. The summed E-state index contributed by atoms with van der Waals surface area (Å²) >= 11 is 0. The van der Waals surface area contributed by atoms with Crippen molar-refractivity contribution in [2.75, 3.05) is 0 Å². The van der Waals surface area contributed by atoms with E-state index in [2.05, 4.69) is 10.4 Å². The van der Waals surface area contributed by atoms with E-state index in [1.165, 1.54) is 11.1 Å². The lowest BCUT2D eigenvalue weighted by Gasteiger charge is -2.07. The number of amides is 1. The first-order chi connectivity index (χ1) is 11.5. The summed E-state index contributed by atoms with van der Waals surface area (Å²) in [5.74, 6) is -0.105. The second kappa shape index (κ2) is 6.71. The fraction of sp³-hybridized carbons (Fsp3) is 0.200. The lowest BCUT2D eigenvalue weighted by molar-refractivity contribution is 0.0950. The van der Waals surface area contributed by atoms with E-state index >= 15 is 0 Å². The number of aryl methyl sites for hydroxylation is 2. The average Bonchev–Trinajstić information content (AvgIpc) is 2.96. The molecule has 3 rings (SSSR count). The van der Waals surface area contributed by atoms with Crippen molar-refractivity contribution in [1.29, 1.82) is 0 Å². The molecule has 4 nitrogen and oxygen atoms in total. The van der Waals surface area contributed by atoms with Crippen molar-refractivity contribution >= 4 is 5.91 Å². The van der Waals surface area contributed by atoms with Gasteiger partial charge in [-0.15, -0.1) is 0 Å². The van der Waals surface area contributed by atoms with Crippen LogP contribution in [0.4, 0.5) is 0 Å². The molecule has 0 aliphatic carbocycles. The molecule has 122 valence electrons. The molecule has 0 aliphatic heterocycles. The molecular formula is C20H21N3O.